The summed E-state index contributed by atoms with van der Waals surface area (Å²) in [6, 6.07) is 7.18. The number of nitrogens with one attached hydrogen (secondary N) is 1. The molecule has 3 heterocycles. The molecule has 0 aliphatic heterocycles. The monoisotopic (exact) mass is 296 g/mol. The highest BCUT2D eigenvalue weighted by molar-refractivity contribution is 6.05. The van der Waals surface area contributed by atoms with Crippen LogP contribution in [0.15, 0.2) is 41.2 Å². The van der Waals surface area contributed by atoms with Crippen LogP contribution in [0.25, 0.3) is 5.82 Å². The second-order valence-corrected chi connectivity index (χ2v) is 5.11. The maximum atomic E-state index is 12.4. The van der Waals surface area contributed by atoms with Gasteiger partial charge in [0.1, 0.15) is 5.76 Å². The zero-order chi connectivity index (χ0) is 15.7. The van der Waals surface area contributed by atoms with Crippen molar-refractivity contribution in [2.45, 2.75) is 20.8 Å². The van der Waals surface area contributed by atoms with Crippen molar-refractivity contribution in [2.24, 2.45) is 0 Å². The summed E-state index contributed by atoms with van der Waals surface area (Å²) in [6.45, 7) is 5.65. The van der Waals surface area contributed by atoms with Crippen molar-refractivity contribution in [3.05, 3.63) is 59.4 Å². The Hall–Kier alpha value is -2.89. The van der Waals surface area contributed by atoms with Crippen LogP contribution in [0.4, 0.5) is 5.69 Å². The lowest BCUT2D eigenvalue weighted by Crippen LogP contribution is -2.13. The number of anilines is 1. The van der Waals surface area contributed by atoms with Gasteiger partial charge in [-0.2, -0.15) is 0 Å². The molecule has 3 aromatic heterocycles. The molecular formula is C16H16N4O2. The number of amides is 1. The first-order chi connectivity index (χ1) is 10.6. The van der Waals surface area contributed by atoms with E-state index in [1.165, 1.54) is 0 Å². The van der Waals surface area contributed by atoms with Gasteiger partial charge in [-0.25, -0.2) is 0 Å². The summed E-state index contributed by atoms with van der Waals surface area (Å²) >= 11 is 0. The van der Waals surface area contributed by atoms with Gasteiger partial charge in [-0.3, -0.25) is 14.3 Å². The van der Waals surface area contributed by atoms with Crippen LogP contribution in [0.5, 0.6) is 0 Å². The molecule has 0 atom stereocenters. The number of aromatic nitrogens is 3. The van der Waals surface area contributed by atoms with Gasteiger partial charge in [-0.1, -0.05) is 5.16 Å². The second-order valence-electron chi connectivity index (χ2n) is 5.11. The van der Waals surface area contributed by atoms with Gasteiger partial charge in [-0.05, 0) is 39.0 Å². The topological polar surface area (TPSA) is 73.0 Å². The van der Waals surface area contributed by atoms with Gasteiger partial charge in [0, 0.05) is 35.5 Å². The van der Waals surface area contributed by atoms with E-state index in [1.54, 1.807) is 24.5 Å². The van der Waals surface area contributed by atoms with Crippen molar-refractivity contribution in [1.82, 2.24) is 14.7 Å². The molecular weight excluding hydrogens is 280 g/mol. The summed E-state index contributed by atoms with van der Waals surface area (Å²) in [5, 5.41) is 6.87. The number of hydrogen-bond acceptors (Lipinski definition) is 4. The van der Waals surface area contributed by atoms with Gasteiger partial charge in [0.05, 0.1) is 5.56 Å². The van der Waals surface area contributed by atoms with Crippen molar-refractivity contribution in [3.8, 4) is 5.82 Å². The van der Waals surface area contributed by atoms with Crippen LogP contribution in [0.1, 0.15) is 27.5 Å². The minimum absolute atomic E-state index is 0.161. The van der Waals surface area contributed by atoms with Crippen molar-refractivity contribution in [3.63, 3.8) is 0 Å². The lowest BCUT2D eigenvalue weighted by Gasteiger charge is -2.06. The maximum absolute atomic E-state index is 12.4. The number of nitrogens with zero attached hydrogens (tertiary/aromatic N) is 3. The molecule has 1 N–H and O–H groups in total. The van der Waals surface area contributed by atoms with Crippen LogP contribution in [-0.2, 0) is 0 Å². The van der Waals surface area contributed by atoms with Crippen LogP contribution in [-0.4, -0.2) is 20.6 Å². The third-order valence-corrected chi connectivity index (χ3v) is 3.46. The van der Waals surface area contributed by atoms with Crippen LogP contribution in [0.2, 0.25) is 0 Å². The molecule has 22 heavy (non-hydrogen) atoms. The van der Waals surface area contributed by atoms with E-state index in [4.69, 9.17) is 4.52 Å². The second kappa shape index (κ2) is 5.48. The van der Waals surface area contributed by atoms with E-state index in [0.29, 0.717) is 17.1 Å². The molecule has 3 rings (SSSR count). The molecule has 3 aromatic rings. The minimum Gasteiger partial charge on any atom is -0.360 e. The SMILES string of the molecule is Cc1cc(-n2c(C)cc(C(=O)Nc3ccncc3)c2C)no1. The van der Waals surface area contributed by atoms with E-state index < -0.39 is 0 Å². The molecule has 1 amide bonds. The van der Waals surface area contributed by atoms with Gasteiger partial charge in [0.25, 0.3) is 5.91 Å². The smallest absolute Gasteiger partial charge is 0.257 e. The van der Waals surface area contributed by atoms with Crippen LogP contribution >= 0.6 is 0 Å². The molecule has 6 heteroatoms. The molecule has 0 aliphatic carbocycles. The number of aryl methyl sites for hydroxylation is 2. The summed E-state index contributed by atoms with van der Waals surface area (Å²) in [4.78, 5) is 16.4. The molecule has 0 aliphatic rings. The molecule has 0 bridgehead atoms. The van der Waals surface area contributed by atoms with Crippen LogP contribution in [0, 0.1) is 20.8 Å². The molecule has 0 radical (unpaired) electrons. The van der Waals surface area contributed by atoms with E-state index in [1.807, 2.05) is 37.5 Å². The van der Waals surface area contributed by atoms with Gasteiger partial charge in [0.2, 0.25) is 0 Å². The summed E-state index contributed by atoms with van der Waals surface area (Å²) in [5.41, 5.74) is 3.06. The molecule has 0 saturated carbocycles. The van der Waals surface area contributed by atoms with Crippen molar-refractivity contribution < 1.29 is 9.32 Å². The predicted molar refractivity (Wildman–Crippen MR) is 82.2 cm³/mol. The fourth-order valence-electron chi connectivity index (χ4n) is 2.44. The number of carbonyl (C=O) groups is 1. The highest BCUT2D eigenvalue weighted by Crippen LogP contribution is 2.21. The minimum atomic E-state index is -0.161. The lowest BCUT2D eigenvalue weighted by molar-refractivity contribution is 0.102. The Balaban J connectivity index is 1.94. The Kier molecular flexibility index (Phi) is 3.50. The first kappa shape index (κ1) is 14.1. The summed E-state index contributed by atoms with van der Waals surface area (Å²) in [5.74, 6) is 1.24. The fraction of sp³-hybridized carbons (Fsp3) is 0.188. The highest BCUT2D eigenvalue weighted by Gasteiger charge is 2.18. The largest absolute Gasteiger partial charge is 0.360 e. The van der Waals surface area contributed by atoms with Gasteiger partial charge < -0.3 is 9.84 Å². The Labute approximate surface area is 127 Å². The highest BCUT2D eigenvalue weighted by atomic mass is 16.5. The number of rotatable bonds is 3. The Bertz CT molecular complexity index is 818. The molecule has 6 nitrogen and oxygen atoms in total. The Morgan fingerprint density at radius 3 is 2.55 bits per heavy atom. The number of hydrogen-bond donors (Lipinski definition) is 1. The Morgan fingerprint density at radius 2 is 1.91 bits per heavy atom. The average molecular weight is 296 g/mol. The van der Waals surface area contributed by atoms with Crippen LogP contribution in [0.3, 0.4) is 0 Å². The van der Waals surface area contributed by atoms with Crippen LogP contribution < -0.4 is 5.32 Å². The maximum Gasteiger partial charge on any atom is 0.257 e. The summed E-state index contributed by atoms with van der Waals surface area (Å²) in [6.07, 6.45) is 3.27. The first-order valence-corrected chi connectivity index (χ1v) is 6.90. The molecule has 0 unspecified atom stereocenters. The summed E-state index contributed by atoms with van der Waals surface area (Å²) in [7, 11) is 0. The van der Waals surface area contributed by atoms with Gasteiger partial charge in [-0.15, -0.1) is 0 Å². The molecule has 0 fully saturated rings. The van der Waals surface area contributed by atoms with Gasteiger partial charge in [0.15, 0.2) is 5.82 Å². The summed E-state index contributed by atoms with van der Waals surface area (Å²) < 4.78 is 7.02. The third-order valence-electron chi connectivity index (χ3n) is 3.46. The zero-order valence-electron chi connectivity index (χ0n) is 12.6. The number of pyridine rings is 1. The van der Waals surface area contributed by atoms with Crippen molar-refractivity contribution in [2.75, 3.05) is 5.32 Å². The van der Waals surface area contributed by atoms with Gasteiger partial charge >= 0.3 is 0 Å². The van der Waals surface area contributed by atoms with E-state index >= 15 is 0 Å². The Morgan fingerprint density at radius 1 is 1.18 bits per heavy atom. The molecule has 0 saturated heterocycles. The quantitative estimate of drug-likeness (QED) is 0.806. The van der Waals surface area contributed by atoms with E-state index in [9.17, 15) is 4.79 Å². The van der Waals surface area contributed by atoms with E-state index in [-0.39, 0.29) is 5.91 Å². The van der Waals surface area contributed by atoms with E-state index in [0.717, 1.165) is 17.1 Å². The normalized spacial score (nSPS) is 10.7. The lowest BCUT2D eigenvalue weighted by atomic mass is 10.2. The van der Waals surface area contributed by atoms with E-state index in [2.05, 4.69) is 15.5 Å². The molecule has 0 aromatic carbocycles. The first-order valence-electron chi connectivity index (χ1n) is 6.90. The zero-order valence-corrected chi connectivity index (χ0v) is 12.6. The third kappa shape index (κ3) is 2.50. The predicted octanol–water partition coefficient (Wildman–Crippen LogP) is 3.04. The van der Waals surface area contributed by atoms with Crippen molar-refractivity contribution >= 4 is 11.6 Å². The molecule has 112 valence electrons. The average Bonchev–Trinajstić information content (AvgIpc) is 3.03. The van der Waals surface area contributed by atoms with Crippen molar-refractivity contribution in [1.29, 1.82) is 0 Å². The fourth-order valence-corrected chi connectivity index (χ4v) is 2.44. The number of carbonyl (C=O) groups excluding carboxylic acids is 1. The standard InChI is InChI=1S/C16H16N4O2/c1-10-8-14(16(21)18-13-4-6-17-7-5-13)12(3)20(10)15-9-11(2)22-19-15/h4-9H,1-3H3,(H,17,18,21). The molecule has 0 spiro atoms.